The lowest BCUT2D eigenvalue weighted by molar-refractivity contribution is 0.562. The summed E-state index contributed by atoms with van der Waals surface area (Å²) in [4.78, 5) is 4.29. The Kier molecular flexibility index (Phi) is 4.13. The van der Waals surface area contributed by atoms with Crippen LogP contribution in [0.2, 0.25) is 5.15 Å². The molecular formula is C14H15ClN2OS. The van der Waals surface area contributed by atoms with Gasteiger partial charge < -0.3 is 4.55 Å². The molecule has 1 aromatic heterocycles. The highest BCUT2D eigenvalue weighted by Gasteiger charge is 2.25. The van der Waals surface area contributed by atoms with Gasteiger partial charge in [0.05, 0.1) is 11.7 Å². The molecule has 19 heavy (non-hydrogen) atoms. The van der Waals surface area contributed by atoms with Crippen molar-refractivity contribution in [2.45, 2.75) is 25.5 Å². The molecule has 1 aromatic carbocycles. The third kappa shape index (κ3) is 3.47. The molecule has 5 heteroatoms. The van der Waals surface area contributed by atoms with Crippen molar-refractivity contribution in [3.8, 4) is 0 Å². The summed E-state index contributed by atoms with van der Waals surface area (Å²) in [5.41, 5.74) is 1.51. The maximum absolute atomic E-state index is 11.9. The van der Waals surface area contributed by atoms with Gasteiger partial charge in [-0.05, 0) is 32.9 Å². The van der Waals surface area contributed by atoms with Crippen LogP contribution in [0.15, 0.2) is 34.7 Å². The number of rotatable bonds is 2. The largest absolute Gasteiger partial charge is 0.591 e. The van der Waals surface area contributed by atoms with Gasteiger partial charge in [-0.2, -0.15) is 0 Å². The number of hydrogen-bond donors (Lipinski definition) is 0. The van der Waals surface area contributed by atoms with Crippen molar-refractivity contribution in [2.75, 3.05) is 0 Å². The fraction of sp³-hybridized carbons (Fsp3) is 0.286. The Bertz CT molecular complexity index is 622. The van der Waals surface area contributed by atoms with Gasteiger partial charge in [-0.15, -0.1) is 0 Å². The molecule has 0 aliphatic rings. The van der Waals surface area contributed by atoms with E-state index in [4.69, 9.17) is 11.6 Å². The molecule has 2 aromatic rings. The highest BCUT2D eigenvalue weighted by Crippen LogP contribution is 2.21. The summed E-state index contributed by atoms with van der Waals surface area (Å²) in [5.74, 6) is 0. The fourth-order valence-electron chi connectivity index (χ4n) is 1.46. The topological polar surface area (TPSA) is 48.3 Å². The van der Waals surface area contributed by atoms with Gasteiger partial charge in [0.15, 0.2) is 0 Å². The SMILES string of the molecule is CC(C)(C)[S+]([O-])/N=C/c1cc2ccccc2nc1Cl. The lowest BCUT2D eigenvalue weighted by atomic mass is 10.2. The van der Waals surface area contributed by atoms with Crippen molar-refractivity contribution in [2.24, 2.45) is 4.40 Å². The molecule has 0 saturated heterocycles. The van der Waals surface area contributed by atoms with E-state index in [9.17, 15) is 4.55 Å². The number of nitrogens with zero attached hydrogens (tertiary/aromatic N) is 2. The average Bonchev–Trinajstić information content (AvgIpc) is 2.34. The fourth-order valence-corrected chi connectivity index (χ4v) is 2.18. The Labute approximate surface area is 121 Å². The first-order valence-corrected chi connectivity index (χ1v) is 7.38. The summed E-state index contributed by atoms with van der Waals surface area (Å²) in [6, 6.07) is 9.60. The van der Waals surface area contributed by atoms with Crippen molar-refractivity contribution < 1.29 is 4.55 Å². The first-order chi connectivity index (χ1) is 8.88. The Morgan fingerprint density at radius 3 is 2.68 bits per heavy atom. The van der Waals surface area contributed by atoms with Crippen LogP contribution in [0.3, 0.4) is 0 Å². The van der Waals surface area contributed by atoms with E-state index in [0.717, 1.165) is 10.9 Å². The molecule has 1 heterocycles. The molecule has 0 saturated carbocycles. The van der Waals surface area contributed by atoms with Crippen LogP contribution in [0.1, 0.15) is 26.3 Å². The molecule has 0 fully saturated rings. The molecule has 0 aliphatic heterocycles. The Balaban J connectivity index is 2.35. The van der Waals surface area contributed by atoms with Crippen LogP contribution in [-0.2, 0) is 11.4 Å². The zero-order valence-electron chi connectivity index (χ0n) is 11.1. The molecule has 100 valence electrons. The monoisotopic (exact) mass is 294 g/mol. The molecule has 1 atom stereocenters. The van der Waals surface area contributed by atoms with E-state index >= 15 is 0 Å². The van der Waals surface area contributed by atoms with Gasteiger partial charge in [0.25, 0.3) is 0 Å². The second-order valence-corrected chi connectivity index (χ2v) is 7.45. The van der Waals surface area contributed by atoms with Crippen LogP contribution >= 0.6 is 11.6 Å². The molecule has 0 spiro atoms. The summed E-state index contributed by atoms with van der Waals surface area (Å²) in [7, 11) is 0. The Hall–Kier alpha value is -1.10. The van der Waals surface area contributed by atoms with E-state index in [1.807, 2.05) is 51.1 Å². The predicted molar refractivity (Wildman–Crippen MR) is 82.2 cm³/mol. The molecule has 3 nitrogen and oxygen atoms in total. The third-order valence-electron chi connectivity index (χ3n) is 2.52. The van der Waals surface area contributed by atoms with Crippen LogP contribution in [0.4, 0.5) is 0 Å². The highest BCUT2D eigenvalue weighted by atomic mass is 35.5. The molecule has 0 radical (unpaired) electrons. The van der Waals surface area contributed by atoms with Gasteiger partial charge in [0, 0.05) is 10.9 Å². The standard InChI is InChI=1S/C14H15ClN2OS/c1-14(2,3)19(18)16-9-11-8-10-6-4-5-7-12(10)17-13(11)15/h4-9H,1-3H3/b16-9+. The number of aromatic nitrogens is 1. The van der Waals surface area contributed by atoms with Crippen LogP contribution in [0.5, 0.6) is 0 Å². The van der Waals surface area contributed by atoms with Crippen LogP contribution < -0.4 is 0 Å². The van der Waals surface area contributed by atoms with E-state index in [1.54, 1.807) is 0 Å². The number of fused-ring (bicyclic) bond motifs is 1. The summed E-state index contributed by atoms with van der Waals surface area (Å²) in [6.45, 7) is 5.63. The quantitative estimate of drug-likeness (QED) is 0.481. The first-order valence-electron chi connectivity index (χ1n) is 5.89. The number of hydrogen-bond acceptors (Lipinski definition) is 3. The van der Waals surface area contributed by atoms with Gasteiger partial charge >= 0.3 is 0 Å². The second-order valence-electron chi connectivity index (χ2n) is 5.16. The van der Waals surface area contributed by atoms with E-state index in [1.165, 1.54) is 6.21 Å². The minimum atomic E-state index is -1.30. The summed E-state index contributed by atoms with van der Waals surface area (Å²) < 4.78 is 15.5. The Morgan fingerprint density at radius 1 is 1.32 bits per heavy atom. The number of pyridine rings is 1. The van der Waals surface area contributed by atoms with E-state index < -0.39 is 11.4 Å². The first kappa shape index (κ1) is 14.3. The van der Waals surface area contributed by atoms with Gasteiger partial charge in [-0.1, -0.05) is 34.2 Å². The maximum Gasteiger partial charge on any atom is 0.144 e. The van der Waals surface area contributed by atoms with Crippen LogP contribution in [0.25, 0.3) is 10.9 Å². The number of benzene rings is 1. The number of para-hydroxylation sites is 1. The van der Waals surface area contributed by atoms with Crippen molar-refractivity contribution in [1.29, 1.82) is 0 Å². The van der Waals surface area contributed by atoms with Crippen molar-refractivity contribution in [3.05, 3.63) is 41.0 Å². The number of halogens is 1. The molecule has 0 amide bonds. The van der Waals surface area contributed by atoms with Crippen molar-refractivity contribution in [1.82, 2.24) is 4.98 Å². The average molecular weight is 295 g/mol. The highest BCUT2D eigenvalue weighted by molar-refractivity contribution is 7.91. The lowest BCUT2D eigenvalue weighted by Crippen LogP contribution is -2.25. The molecule has 0 N–H and O–H groups in total. The van der Waals surface area contributed by atoms with Crippen LogP contribution in [-0.4, -0.2) is 20.5 Å². The Morgan fingerprint density at radius 2 is 2.00 bits per heavy atom. The van der Waals surface area contributed by atoms with Gasteiger partial charge in [0.1, 0.15) is 21.3 Å². The smallest absolute Gasteiger partial charge is 0.144 e. The van der Waals surface area contributed by atoms with Crippen molar-refractivity contribution >= 4 is 40.1 Å². The van der Waals surface area contributed by atoms with Crippen LogP contribution in [0, 0.1) is 0 Å². The molecule has 1 unspecified atom stereocenters. The van der Waals surface area contributed by atoms with Gasteiger partial charge in [0.2, 0.25) is 0 Å². The molecule has 0 bridgehead atoms. The summed E-state index contributed by atoms with van der Waals surface area (Å²) in [6.07, 6.45) is 1.53. The molecule has 2 rings (SSSR count). The van der Waals surface area contributed by atoms with E-state index in [2.05, 4.69) is 9.38 Å². The predicted octanol–water partition coefficient (Wildman–Crippen LogP) is 3.77. The van der Waals surface area contributed by atoms with Gasteiger partial charge in [-0.25, -0.2) is 4.98 Å². The summed E-state index contributed by atoms with van der Waals surface area (Å²) in [5, 5.41) is 1.35. The zero-order chi connectivity index (χ0) is 14.0. The van der Waals surface area contributed by atoms with Crippen molar-refractivity contribution in [3.63, 3.8) is 0 Å². The lowest BCUT2D eigenvalue weighted by Gasteiger charge is -2.17. The normalized spacial score (nSPS) is 14.2. The molecular weight excluding hydrogens is 280 g/mol. The summed E-state index contributed by atoms with van der Waals surface area (Å²) >= 11 is 4.80. The maximum atomic E-state index is 11.9. The third-order valence-corrected chi connectivity index (χ3v) is 4.16. The minimum Gasteiger partial charge on any atom is -0.591 e. The second kappa shape index (κ2) is 5.49. The van der Waals surface area contributed by atoms with E-state index in [-0.39, 0.29) is 4.75 Å². The molecule has 0 aliphatic carbocycles. The zero-order valence-corrected chi connectivity index (χ0v) is 12.6. The van der Waals surface area contributed by atoms with E-state index in [0.29, 0.717) is 10.7 Å². The minimum absolute atomic E-state index is 0.369. The van der Waals surface area contributed by atoms with Gasteiger partial charge in [-0.3, -0.25) is 0 Å².